The van der Waals surface area contributed by atoms with Crippen molar-refractivity contribution in [2.24, 2.45) is 0 Å². The van der Waals surface area contributed by atoms with E-state index in [9.17, 15) is 4.79 Å². The van der Waals surface area contributed by atoms with Crippen molar-refractivity contribution < 1.29 is 9.53 Å². The summed E-state index contributed by atoms with van der Waals surface area (Å²) in [6.45, 7) is 2.74. The van der Waals surface area contributed by atoms with Crippen molar-refractivity contribution in [3.8, 4) is 0 Å². The molecular weight excluding hydrogens is 324 g/mol. The van der Waals surface area contributed by atoms with Gasteiger partial charge in [0, 0.05) is 19.1 Å². The van der Waals surface area contributed by atoms with Crippen LogP contribution in [-0.2, 0) is 11.2 Å². The fraction of sp³-hybridized carbons (Fsp3) is 0.471. The van der Waals surface area contributed by atoms with Gasteiger partial charge in [0.05, 0.1) is 6.10 Å². The Morgan fingerprint density at radius 1 is 1.33 bits per heavy atom. The minimum absolute atomic E-state index is 0.0305. The van der Waals surface area contributed by atoms with Crippen LogP contribution in [0, 0.1) is 0 Å². The van der Waals surface area contributed by atoms with Gasteiger partial charge in [-0.15, -0.1) is 10.2 Å². The molecule has 0 radical (unpaired) electrons. The molecule has 2 atom stereocenters. The van der Waals surface area contributed by atoms with Gasteiger partial charge in [0.1, 0.15) is 5.01 Å². The van der Waals surface area contributed by atoms with Gasteiger partial charge in [0.25, 0.3) is 0 Å². The molecule has 2 N–H and O–H groups in total. The number of aryl methyl sites for hydroxylation is 1. The highest BCUT2D eigenvalue weighted by Gasteiger charge is 2.25. The first-order valence-corrected chi connectivity index (χ1v) is 9.12. The van der Waals surface area contributed by atoms with Gasteiger partial charge in [0.2, 0.25) is 5.13 Å². The maximum Gasteiger partial charge on any atom is 0.321 e. The first-order valence-electron chi connectivity index (χ1n) is 8.31. The Hall–Kier alpha value is -1.99. The third-order valence-corrected chi connectivity index (χ3v) is 4.84. The Balaban J connectivity index is 1.52. The van der Waals surface area contributed by atoms with Crippen LogP contribution < -0.4 is 10.6 Å². The summed E-state index contributed by atoms with van der Waals surface area (Å²) in [5.41, 5.74) is 1.15. The number of nitrogens with one attached hydrogen (secondary N) is 2. The van der Waals surface area contributed by atoms with Gasteiger partial charge in [0.15, 0.2) is 0 Å². The third-order valence-electron chi connectivity index (χ3n) is 3.94. The normalized spacial score (nSPS) is 20.5. The highest BCUT2D eigenvalue weighted by molar-refractivity contribution is 7.15. The summed E-state index contributed by atoms with van der Waals surface area (Å²) in [5, 5.41) is 15.4. The molecule has 3 rings (SSSR count). The molecule has 0 aliphatic carbocycles. The number of benzene rings is 1. The predicted octanol–water partition coefficient (Wildman–Crippen LogP) is 3.53. The molecule has 1 aliphatic heterocycles. The number of ether oxygens (including phenoxy) is 1. The lowest BCUT2D eigenvalue weighted by Gasteiger charge is -2.30. The molecule has 2 amide bonds. The number of nitrogens with zero attached hydrogens (tertiary/aromatic N) is 2. The fourth-order valence-electron chi connectivity index (χ4n) is 2.77. The van der Waals surface area contributed by atoms with Gasteiger partial charge >= 0.3 is 6.03 Å². The summed E-state index contributed by atoms with van der Waals surface area (Å²) < 4.78 is 5.83. The van der Waals surface area contributed by atoms with Gasteiger partial charge in [-0.25, -0.2) is 4.79 Å². The van der Waals surface area contributed by atoms with Crippen LogP contribution in [0.1, 0.15) is 42.9 Å². The second kappa shape index (κ2) is 8.21. The number of hydrogen-bond donors (Lipinski definition) is 2. The molecule has 128 valence electrons. The number of anilines is 1. The van der Waals surface area contributed by atoms with Crippen LogP contribution in [-0.4, -0.2) is 28.9 Å². The van der Waals surface area contributed by atoms with E-state index < -0.39 is 0 Å². The van der Waals surface area contributed by atoms with E-state index in [4.69, 9.17) is 4.74 Å². The third kappa shape index (κ3) is 4.52. The number of rotatable bonds is 5. The van der Waals surface area contributed by atoms with Crippen molar-refractivity contribution in [3.05, 3.63) is 40.9 Å². The van der Waals surface area contributed by atoms with Crippen LogP contribution in [0.5, 0.6) is 0 Å². The average molecular weight is 346 g/mol. The topological polar surface area (TPSA) is 76.1 Å². The highest BCUT2D eigenvalue weighted by atomic mass is 32.1. The number of aromatic nitrogens is 2. The molecule has 2 heterocycles. The van der Waals surface area contributed by atoms with Gasteiger partial charge in [-0.2, -0.15) is 0 Å². The predicted molar refractivity (Wildman–Crippen MR) is 94.2 cm³/mol. The van der Waals surface area contributed by atoms with Crippen molar-refractivity contribution in [2.45, 2.75) is 44.8 Å². The average Bonchev–Trinajstić information content (AvgIpc) is 3.03. The van der Waals surface area contributed by atoms with Crippen molar-refractivity contribution in [3.63, 3.8) is 0 Å². The van der Waals surface area contributed by atoms with Crippen molar-refractivity contribution >= 4 is 22.5 Å². The molecule has 1 aliphatic rings. The summed E-state index contributed by atoms with van der Waals surface area (Å²) in [7, 11) is 0. The molecule has 0 spiro atoms. The SMILES string of the molecule is CCCc1nnc(NC(=O)N[C@H]2CCO[C@H](c3ccccc3)C2)s1. The van der Waals surface area contributed by atoms with E-state index in [2.05, 4.69) is 39.9 Å². The molecule has 0 bridgehead atoms. The van der Waals surface area contributed by atoms with E-state index in [1.807, 2.05) is 18.2 Å². The molecule has 0 saturated carbocycles. The minimum Gasteiger partial charge on any atom is -0.373 e. The first-order chi connectivity index (χ1) is 11.7. The Bertz CT molecular complexity index is 662. The maximum atomic E-state index is 12.2. The molecule has 6 nitrogen and oxygen atoms in total. The van der Waals surface area contributed by atoms with Crippen LogP contribution >= 0.6 is 11.3 Å². The van der Waals surface area contributed by atoms with Crippen molar-refractivity contribution in [2.75, 3.05) is 11.9 Å². The van der Waals surface area contributed by atoms with Gasteiger partial charge in [-0.1, -0.05) is 48.6 Å². The smallest absolute Gasteiger partial charge is 0.321 e. The monoisotopic (exact) mass is 346 g/mol. The second-order valence-electron chi connectivity index (χ2n) is 5.84. The summed E-state index contributed by atoms with van der Waals surface area (Å²) in [6.07, 6.45) is 3.52. The molecule has 1 saturated heterocycles. The quantitative estimate of drug-likeness (QED) is 0.868. The van der Waals surface area contributed by atoms with E-state index in [1.165, 1.54) is 11.3 Å². The Kier molecular flexibility index (Phi) is 5.77. The van der Waals surface area contributed by atoms with Crippen molar-refractivity contribution in [1.29, 1.82) is 0 Å². The zero-order valence-electron chi connectivity index (χ0n) is 13.7. The first kappa shape index (κ1) is 16.9. The van der Waals surface area contributed by atoms with E-state index in [0.29, 0.717) is 11.7 Å². The standard InChI is InChI=1S/C17H22N4O2S/c1-2-6-15-20-21-17(24-15)19-16(22)18-13-9-10-23-14(11-13)12-7-4-3-5-8-12/h3-5,7-8,13-14H,2,6,9-11H2,1H3,(H2,18,19,21,22)/t13-,14-/m0/s1. The van der Waals surface area contributed by atoms with Gasteiger partial charge in [-0.3, -0.25) is 5.32 Å². The molecule has 1 aromatic heterocycles. The lowest BCUT2D eigenvalue weighted by atomic mass is 9.97. The van der Waals surface area contributed by atoms with E-state index >= 15 is 0 Å². The lowest BCUT2D eigenvalue weighted by molar-refractivity contribution is 0.00254. The summed E-state index contributed by atoms with van der Waals surface area (Å²) in [4.78, 5) is 12.2. The molecule has 1 aromatic carbocycles. The fourth-order valence-corrected chi connectivity index (χ4v) is 3.60. The highest BCUT2D eigenvalue weighted by Crippen LogP contribution is 2.28. The summed E-state index contributed by atoms with van der Waals surface area (Å²) >= 11 is 1.43. The number of hydrogen-bond acceptors (Lipinski definition) is 5. The van der Waals surface area contributed by atoms with E-state index in [1.54, 1.807) is 0 Å². The Morgan fingerprint density at radius 3 is 2.96 bits per heavy atom. The molecule has 7 heteroatoms. The number of carbonyl (C=O) groups excluding carboxylic acids is 1. The molecule has 24 heavy (non-hydrogen) atoms. The number of urea groups is 1. The van der Waals surface area contributed by atoms with Crippen LogP contribution in [0.4, 0.5) is 9.93 Å². The van der Waals surface area contributed by atoms with Gasteiger partial charge < -0.3 is 10.1 Å². The van der Waals surface area contributed by atoms with Gasteiger partial charge in [-0.05, 0) is 24.8 Å². The summed E-state index contributed by atoms with van der Waals surface area (Å²) in [5.74, 6) is 0. The van der Waals surface area contributed by atoms with Crippen LogP contribution in [0.15, 0.2) is 30.3 Å². The maximum absolute atomic E-state index is 12.2. The molecule has 2 aromatic rings. The minimum atomic E-state index is -0.229. The zero-order valence-corrected chi connectivity index (χ0v) is 14.5. The Morgan fingerprint density at radius 2 is 2.17 bits per heavy atom. The second-order valence-corrected chi connectivity index (χ2v) is 6.90. The molecule has 1 fully saturated rings. The molecular formula is C17H22N4O2S. The molecule has 0 unspecified atom stereocenters. The van der Waals surface area contributed by atoms with Crippen molar-refractivity contribution in [1.82, 2.24) is 15.5 Å². The van der Waals surface area contributed by atoms with Crippen LogP contribution in [0.25, 0.3) is 0 Å². The van der Waals surface area contributed by atoms with Crippen LogP contribution in [0.2, 0.25) is 0 Å². The van der Waals surface area contributed by atoms with E-state index in [0.717, 1.165) is 36.3 Å². The zero-order chi connectivity index (χ0) is 16.8. The lowest BCUT2D eigenvalue weighted by Crippen LogP contribution is -2.42. The number of amides is 2. The summed E-state index contributed by atoms with van der Waals surface area (Å²) in [6, 6.07) is 9.98. The number of carbonyl (C=O) groups is 1. The Labute approximate surface area is 145 Å². The van der Waals surface area contributed by atoms with Crippen LogP contribution in [0.3, 0.4) is 0 Å². The largest absolute Gasteiger partial charge is 0.373 e. The van der Waals surface area contributed by atoms with E-state index in [-0.39, 0.29) is 18.2 Å².